The van der Waals surface area contributed by atoms with Gasteiger partial charge in [-0.2, -0.15) is 0 Å². The second-order valence-corrected chi connectivity index (χ2v) is 7.27. The number of halogens is 3. The summed E-state index contributed by atoms with van der Waals surface area (Å²) in [5.74, 6) is -0.791. The molecule has 0 atom stereocenters. The first-order chi connectivity index (χ1) is 14.0. The Morgan fingerprint density at radius 1 is 0.690 bits per heavy atom. The highest BCUT2D eigenvalue weighted by atomic mass is 19.1. The lowest BCUT2D eigenvalue weighted by atomic mass is 9.96. The third-order valence-electron chi connectivity index (χ3n) is 5.38. The van der Waals surface area contributed by atoms with Crippen molar-refractivity contribution >= 4 is 10.8 Å². The van der Waals surface area contributed by atoms with Gasteiger partial charge in [0, 0.05) is 10.9 Å². The standard InChI is InChI=1S/C26H21F3/c1-2-17-6-13-23(25(28)15-17)20-10-14-24-21(16-20)9-8-19(26(24)29)7-3-18-4-11-22(27)12-5-18/h4-6,8-16H,2-3,7H2,1H3. The smallest absolute Gasteiger partial charge is 0.134 e. The molecule has 0 saturated heterocycles. The molecule has 29 heavy (non-hydrogen) atoms. The van der Waals surface area contributed by atoms with Crippen molar-refractivity contribution in [3.63, 3.8) is 0 Å². The molecule has 0 heterocycles. The Hall–Kier alpha value is -3.07. The molecule has 0 bridgehead atoms. The zero-order valence-corrected chi connectivity index (χ0v) is 16.2. The van der Waals surface area contributed by atoms with Crippen LogP contribution in [0.1, 0.15) is 23.6 Å². The van der Waals surface area contributed by atoms with E-state index in [4.69, 9.17) is 0 Å². The first-order valence-electron chi connectivity index (χ1n) is 9.79. The first-order valence-corrected chi connectivity index (χ1v) is 9.79. The Morgan fingerprint density at radius 3 is 2.17 bits per heavy atom. The van der Waals surface area contributed by atoms with Gasteiger partial charge in [-0.15, -0.1) is 0 Å². The molecule has 0 aliphatic rings. The van der Waals surface area contributed by atoms with Gasteiger partial charge in [0.1, 0.15) is 17.5 Å². The van der Waals surface area contributed by atoms with Crippen LogP contribution in [0.15, 0.2) is 72.8 Å². The van der Waals surface area contributed by atoms with Crippen molar-refractivity contribution in [1.29, 1.82) is 0 Å². The van der Waals surface area contributed by atoms with Crippen LogP contribution >= 0.6 is 0 Å². The van der Waals surface area contributed by atoms with Crippen LogP contribution in [0.4, 0.5) is 13.2 Å². The molecule has 0 N–H and O–H groups in total. The van der Waals surface area contributed by atoms with E-state index >= 15 is 4.39 Å². The molecule has 0 radical (unpaired) electrons. The maximum atomic E-state index is 15.0. The molecule has 0 amide bonds. The van der Waals surface area contributed by atoms with Gasteiger partial charge >= 0.3 is 0 Å². The van der Waals surface area contributed by atoms with Crippen LogP contribution in [-0.2, 0) is 19.3 Å². The predicted molar refractivity (Wildman–Crippen MR) is 112 cm³/mol. The number of hydrogen-bond donors (Lipinski definition) is 0. The molecule has 0 aliphatic carbocycles. The number of benzene rings is 4. The molecule has 0 aromatic heterocycles. The molecular weight excluding hydrogens is 369 g/mol. The Labute approximate surface area is 168 Å². The summed E-state index contributed by atoms with van der Waals surface area (Å²) in [6.07, 6.45) is 1.94. The molecule has 0 unspecified atom stereocenters. The van der Waals surface area contributed by atoms with Crippen molar-refractivity contribution in [3.8, 4) is 11.1 Å². The lowest BCUT2D eigenvalue weighted by Gasteiger charge is -2.10. The first kappa shape index (κ1) is 19.3. The average Bonchev–Trinajstić information content (AvgIpc) is 2.74. The van der Waals surface area contributed by atoms with E-state index in [0.717, 1.165) is 28.5 Å². The molecule has 0 aliphatic heterocycles. The van der Waals surface area contributed by atoms with Gasteiger partial charge in [0.2, 0.25) is 0 Å². The fourth-order valence-electron chi connectivity index (χ4n) is 3.64. The van der Waals surface area contributed by atoms with E-state index in [0.29, 0.717) is 29.4 Å². The molecule has 146 valence electrons. The largest absolute Gasteiger partial charge is 0.207 e. The SMILES string of the molecule is CCc1ccc(-c2ccc3c(F)c(CCc4ccc(F)cc4)ccc3c2)c(F)c1. The van der Waals surface area contributed by atoms with Gasteiger partial charge in [-0.3, -0.25) is 0 Å². The van der Waals surface area contributed by atoms with Gasteiger partial charge in [-0.25, -0.2) is 13.2 Å². The van der Waals surface area contributed by atoms with E-state index < -0.39 is 0 Å². The lowest BCUT2D eigenvalue weighted by molar-refractivity contribution is 0.619. The van der Waals surface area contributed by atoms with Crippen LogP contribution in [0, 0.1) is 17.5 Å². The van der Waals surface area contributed by atoms with Crippen LogP contribution in [0.25, 0.3) is 21.9 Å². The normalized spacial score (nSPS) is 11.2. The van der Waals surface area contributed by atoms with Crippen LogP contribution in [0.5, 0.6) is 0 Å². The molecule has 0 nitrogen and oxygen atoms in total. The highest BCUT2D eigenvalue weighted by Gasteiger charge is 2.11. The maximum absolute atomic E-state index is 15.0. The van der Waals surface area contributed by atoms with Crippen molar-refractivity contribution in [2.45, 2.75) is 26.2 Å². The summed E-state index contributed by atoms with van der Waals surface area (Å²) in [5, 5.41) is 1.26. The fraction of sp³-hybridized carbons (Fsp3) is 0.154. The zero-order chi connectivity index (χ0) is 20.4. The van der Waals surface area contributed by atoms with Gasteiger partial charge < -0.3 is 0 Å². The lowest BCUT2D eigenvalue weighted by Crippen LogP contribution is -1.96. The van der Waals surface area contributed by atoms with Crippen molar-refractivity contribution in [3.05, 3.63) is 107 Å². The quantitative estimate of drug-likeness (QED) is 0.336. The molecule has 0 saturated carbocycles. The molecular formula is C26H21F3. The van der Waals surface area contributed by atoms with Gasteiger partial charge in [-0.05, 0) is 71.2 Å². The number of hydrogen-bond acceptors (Lipinski definition) is 0. The third-order valence-corrected chi connectivity index (χ3v) is 5.38. The van der Waals surface area contributed by atoms with Gasteiger partial charge in [0.05, 0.1) is 0 Å². The second kappa shape index (κ2) is 8.12. The minimum atomic E-state index is -0.276. The minimum absolute atomic E-state index is 0.252. The summed E-state index contributed by atoms with van der Waals surface area (Å²) in [6.45, 7) is 1.99. The molecule has 4 rings (SSSR count). The van der Waals surface area contributed by atoms with E-state index in [-0.39, 0.29) is 17.5 Å². The summed E-state index contributed by atoms with van der Waals surface area (Å²) >= 11 is 0. The van der Waals surface area contributed by atoms with Crippen LogP contribution in [-0.4, -0.2) is 0 Å². The molecule has 0 spiro atoms. The summed E-state index contributed by atoms with van der Waals surface area (Å²) < 4.78 is 42.5. The molecule has 3 heteroatoms. The van der Waals surface area contributed by atoms with Gasteiger partial charge in [-0.1, -0.05) is 55.5 Å². The molecule has 4 aromatic carbocycles. The van der Waals surface area contributed by atoms with Crippen molar-refractivity contribution < 1.29 is 13.2 Å². The minimum Gasteiger partial charge on any atom is -0.207 e. The fourth-order valence-corrected chi connectivity index (χ4v) is 3.64. The van der Waals surface area contributed by atoms with Crippen molar-refractivity contribution in [1.82, 2.24) is 0 Å². The third kappa shape index (κ3) is 4.04. The topological polar surface area (TPSA) is 0 Å². The van der Waals surface area contributed by atoms with Gasteiger partial charge in [0.15, 0.2) is 0 Å². The van der Waals surface area contributed by atoms with Crippen molar-refractivity contribution in [2.75, 3.05) is 0 Å². The summed E-state index contributed by atoms with van der Waals surface area (Å²) in [5.41, 5.74) is 3.78. The number of rotatable bonds is 5. The van der Waals surface area contributed by atoms with Gasteiger partial charge in [0.25, 0.3) is 0 Å². The molecule has 4 aromatic rings. The van der Waals surface area contributed by atoms with E-state index in [1.807, 2.05) is 25.1 Å². The van der Waals surface area contributed by atoms with Crippen LogP contribution < -0.4 is 0 Å². The Morgan fingerprint density at radius 2 is 1.45 bits per heavy atom. The summed E-state index contributed by atoms with van der Waals surface area (Å²) in [4.78, 5) is 0. The van der Waals surface area contributed by atoms with E-state index in [1.54, 1.807) is 42.5 Å². The average molecular weight is 390 g/mol. The maximum Gasteiger partial charge on any atom is 0.134 e. The number of aryl methyl sites for hydroxylation is 3. The Bertz CT molecular complexity index is 1160. The highest BCUT2D eigenvalue weighted by molar-refractivity contribution is 5.88. The van der Waals surface area contributed by atoms with Crippen molar-refractivity contribution in [2.24, 2.45) is 0 Å². The highest BCUT2D eigenvalue weighted by Crippen LogP contribution is 2.30. The summed E-state index contributed by atoms with van der Waals surface area (Å²) in [7, 11) is 0. The Kier molecular flexibility index (Phi) is 5.39. The zero-order valence-electron chi connectivity index (χ0n) is 16.2. The second-order valence-electron chi connectivity index (χ2n) is 7.27. The Balaban J connectivity index is 1.62. The van der Waals surface area contributed by atoms with Crippen LogP contribution in [0.2, 0.25) is 0 Å². The van der Waals surface area contributed by atoms with E-state index in [9.17, 15) is 8.78 Å². The van der Waals surface area contributed by atoms with E-state index in [1.165, 1.54) is 12.1 Å². The molecule has 0 fully saturated rings. The van der Waals surface area contributed by atoms with E-state index in [2.05, 4.69) is 0 Å². The predicted octanol–water partition coefficient (Wildman–Crippen LogP) is 7.27. The number of fused-ring (bicyclic) bond motifs is 1. The summed E-state index contributed by atoms with van der Waals surface area (Å²) in [6, 6.07) is 20.5. The van der Waals surface area contributed by atoms with Crippen LogP contribution in [0.3, 0.4) is 0 Å². The monoisotopic (exact) mass is 390 g/mol.